The summed E-state index contributed by atoms with van der Waals surface area (Å²) >= 11 is 0. The number of nitrogens with two attached hydrogens (primary N) is 1. The highest BCUT2D eigenvalue weighted by molar-refractivity contribution is 5.82. The summed E-state index contributed by atoms with van der Waals surface area (Å²) in [6.45, 7) is 4.11. The topological polar surface area (TPSA) is 70.1 Å². The number of rotatable bonds is 3. The number of hydrogen-bond acceptors (Lipinski definition) is 4. The molecule has 0 atom stereocenters. The smallest absolute Gasteiger partial charge is 0.313 e. The Hall–Kier alpha value is -2.04. The summed E-state index contributed by atoms with van der Waals surface area (Å²) in [4.78, 5) is 11.7. The van der Waals surface area contributed by atoms with E-state index in [9.17, 15) is 4.79 Å². The second kappa shape index (κ2) is 4.33. The molecule has 0 saturated heterocycles. The monoisotopic (exact) mass is 247 g/mol. The molecule has 5 heteroatoms. The number of ether oxygens (including phenoxy) is 1. The highest BCUT2D eigenvalue weighted by Crippen LogP contribution is 2.24. The van der Waals surface area contributed by atoms with Crippen molar-refractivity contribution in [2.45, 2.75) is 20.4 Å². The van der Waals surface area contributed by atoms with Crippen LogP contribution >= 0.6 is 0 Å². The van der Waals surface area contributed by atoms with Crippen molar-refractivity contribution in [2.24, 2.45) is 5.41 Å². The fourth-order valence-corrected chi connectivity index (χ4v) is 1.93. The highest BCUT2D eigenvalue weighted by Gasteiger charge is 2.30. The number of fused-ring (bicyclic) bond motifs is 1. The Morgan fingerprint density at radius 1 is 1.50 bits per heavy atom. The second-order valence-electron chi connectivity index (χ2n) is 5.00. The minimum Gasteiger partial charge on any atom is -0.469 e. The van der Waals surface area contributed by atoms with E-state index in [4.69, 9.17) is 10.5 Å². The summed E-state index contributed by atoms with van der Waals surface area (Å²) in [6, 6.07) is 5.61. The van der Waals surface area contributed by atoms with Crippen LogP contribution in [0.5, 0.6) is 0 Å². The Balaban J connectivity index is 2.37. The fraction of sp³-hybridized carbons (Fsp3) is 0.385. The normalized spacial score (nSPS) is 11.7. The van der Waals surface area contributed by atoms with Gasteiger partial charge in [-0.1, -0.05) is 0 Å². The third-order valence-electron chi connectivity index (χ3n) is 2.95. The molecular formula is C13H17N3O2. The molecule has 0 fully saturated rings. The molecule has 1 aromatic carbocycles. The Morgan fingerprint density at radius 3 is 2.89 bits per heavy atom. The molecule has 18 heavy (non-hydrogen) atoms. The quantitative estimate of drug-likeness (QED) is 0.663. The number of aromatic nitrogens is 2. The van der Waals surface area contributed by atoms with E-state index in [2.05, 4.69) is 5.10 Å². The Bertz CT molecular complexity index is 587. The number of anilines is 1. The molecular weight excluding hydrogens is 230 g/mol. The summed E-state index contributed by atoms with van der Waals surface area (Å²) in [6.07, 6.45) is 1.77. The van der Waals surface area contributed by atoms with Crippen molar-refractivity contribution in [3.63, 3.8) is 0 Å². The average Bonchev–Trinajstić information content (AvgIpc) is 2.70. The van der Waals surface area contributed by atoms with Crippen molar-refractivity contribution in [2.75, 3.05) is 12.8 Å². The van der Waals surface area contributed by atoms with Crippen molar-refractivity contribution in [3.05, 3.63) is 24.4 Å². The number of benzene rings is 1. The molecule has 0 spiro atoms. The SMILES string of the molecule is COC(=O)C(C)(C)Cn1ncc2ccc(N)cc21. The molecule has 96 valence electrons. The maximum atomic E-state index is 11.7. The van der Waals surface area contributed by atoms with Crippen molar-refractivity contribution < 1.29 is 9.53 Å². The van der Waals surface area contributed by atoms with Crippen molar-refractivity contribution >= 4 is 22.6 Å². The Kier molecular flexibility index (Phi) is 2.98. The summed E-state index contributed by atoms with van der Waals surface area (Å²) in [5, 5.41) is 5.30. The van der Waals surface area contributed by atoms with E-state index >= 15 is 0 Å². The van der Waals surface area contributed by atoms with E-state index in [1.165, 1.54) is 7.11 Å². The van der Waals surface area contributed by atoms with Crippen LogP contribution in [0.25, 0.3) is 10.9 Å². The van der Waals surface area contributed by atoms with Gasteiger partial charge in [-0.3, -0.25) is 9.48 Å². The lowest BCUT2D eigenvalue weighted by Crippen LogP contribution is -2.31. The molecule has 2 rings (SSSR count). The van der Waals surface area contributed by atoms with Crippen LogP contribution in [0.4, 0.5) is 5.69 Å². The maximum absolute atomic E-state index is 11.7. The molecule has 0 bridgehead atoms. The Labute approximate surface area is 106 Å². The molecule has 1 heterocycles. The van der Waals surface area contributed by atoms with Crippen molar-refractivity contribution in [3.8, 4) is 0 Å². The third kappa shape index (κ3) is 2.16. The summed E-state index contributed by atoms with van der Waals surface area (Å²) in [5.41, 5.74) is 6.75. The first-order chi connectivity index (χ1) is 8.44. The van der Waals surface area contributed by atoms with Crippen LogP contribution in [0.3, 0.4) is 0 Å². The zero-order chi connectivity index (χ0) is 13.3. The minimum atomic E-state index is -0.627. The zero-order valence-electron chi connectivity index (χ0n) is 10.8. The van der Waals surface area contributed by atoms with E-state index in [0.29, 0.717) is 12.2 Å². The van der Waals surface area contributed by atoms with E-state index < -0.39 is 5.41 Å². The van der Waals surface area contributed by atoms with Gasteiger partial charge in [0.15, 0.2) is 0 Å². The van der Waals surface area contributed by atoms with Gasteiger partial charge >= 0.3 is 5.97 Å². The number of carbonyl (C=O) groups is 1. The molecule has 0 aliphatic heterocycles. The molecule has 2 aromatic rings. The van der Waals surface area contributed by atoms with Gasteiger partial charge in [0, 0.05) is 11.1 Å². The first kappa shape index (κ1) is 12.4. The van der Waals surface area contributed by atoms with E-state index in [1.807, 2.05) is 32.0 Å². The van der Waals surface area contributed by atoms with Gasteiger partial charge in [-0.05, 0) is 32.0 Å². The highest BCUT2D eigenvalue weighted by atomic mass is 16.5. The number of carbonyl (C=O) groups excluding carboxylic acids is 1. The lowest BCUT2D eigenvalue weighted by Gasteiger charge is -2.21. The maximum Gasteiger partial charge on any atom is 0.313 e. The first-order valence-electron chi connectivity index (χ1n) is 5.73. The third-order valence-corrected chi connectivity index (χ3v) is 2.95. The molecule has 1 aromatic heterocycles. The molecule has 0 aliphatic carbocycles. The molecule has 0 amide bonds. The standard InChI is InChI=1S/C13H17N3O2/c1-13(2,12(17)18-3)8-16-11-6-10(14)5-4-9(11)7-15-16/h4-7H,8,14H2,1-3H3. The summed E-state index contributed by atoms with van der Waals surface area (Å²) in [5.74, 6) is -0.255. The van der Waals surface area contributed by atoms with Gasteiger partial charge in [0.05, 0.1) is 30.8 Å². The lowest BCUT2D eigenvalue weighted by atomic mass is 9.94. The van der Waals surface area contributed by atoms with Gasteiger partial charge in [-0.25, -0.2) is 0 Å². The van der Waals surface area contributed by atoms with Crippen LogP contribution in [0, 0.1) is 5.41 Å². The van der Waals surface area contributed by atoms with E-state index in [-0.39, 0.29) is 5.97 Å². The number of methoxy groups -OCH3 is 1. The summed E-state index contributed by atoms with van der Waals surface area (Å²) in [7, 11) is 1.39. The number of esters is 1. The van der Waals surface area contributed by atoms with Gasteiger partial charge in [0.1, 0.15) is 0 Å². The number of hydrogen-bond donors (Lipinski definition) is 1. The van der Waals surface area contributed by atoms with Crippen molar-refractivity contribution in [1.82, 2.24) is 9.78 Å². The van der Waals surface area contributed by atoms with Crippen LogP contribution in [0.2, 0.25) is 0 Å². The fourth-order valence-electron chi connectivity index (χ4n) is 1.93. The van der Waals surface area contributed by atoms with Gasteiger partial charge in [0.2, 0.25) is 0 Å². The van der Waals surface area contributed by atoms with Crippen LogP contribution in [-0.2, 0) is 16.1 Å². The van der Waals surface area contributed by atoms with E-state index in [0.717, 1.165) is 10.9 Å². The van der Waals surface area contributed by atoms with Crippen LogP contribution in [0.15, 0.2) is 24.4 Å². The van der Waals surface area contributed by atoms with Crippen LogP contribution in [0.1, 0.15) is 13.8 Å². The largest absolute Gasteiger partial charge is 0.469 e. The molecule has 0 aliphatic rings. The first-order valence-corrected chi connectivity index (χ1v) is 5.73. The Morgan fingerprint density at radius 2 is 2.22 bits per heavy atom. The van der Waals surface area contributed by atoms with Crippen LogP contribution < -0.4 is 5.73 Å². The second-order valence-corrected chi connectivity index (χ2v) is 5.00. The molecule has 5 nitrogen and oxygen atoms in total. The van der Waals surface area contributed by atoms with E-state index in [1.54, 1.807) is 10.9 Å². The number of nitrogens with zero attached hydrogens (tertiary/aromatic N) is 2. The average molecular weight is 247 g/mol. The molecule has 0 saturated carbocycles. The van der Waals surface area contributed by atoms with Gasteiger partial charge in [0.25, 0.3) is 0 Å². The zero-order valence-corrected chi connectivity index (χ0v) is 10.8. The summed E-state index contributed by atoms with van der Waals surface area (Å²) < 4.78 is 6.58. The number of nitrogen functional groups attached to an aromatic ring is 1. The van der Waals surface area contributed by atoms with Crippen molar-refractivity contribution in [1.29, 1.82) is 0 Å². The predicted molar refractivity (Wildman–Crippen MR) is 69.9 cm³/mol. The minimum absolute atomic E-state index is 0.255. The van der Waals surface area contributed by atoms with Gasteiger partial charge in [-0.2, -0.15) is 5.10 Å². The lowest BCUT2D eigenvalue weighted by molar-refractivity contribution is -0.151. The molecule has 0 radical (unpaired) electrons. The van der Waals surface area contributed by atoms with Crippen LogP contribution in [-0.4, -0.2) is 22.9 Å². The predicted octanol–water partition coefficient (Wildman–Crippen LogP) is 1.82. The molecule has 0 unspecified atom stereocenters. The van der Waals surface area contributed by atoms with Gasteiger partial charge < -0.3 is 10.5 Å². The molecule has 2 N–H and O–H groups in total. The van der Waals surface area contributed by atoms with Gasteiger partial charge in [-0.15, -0.1) is 0 Å².